The van der Waals surface area contributed by atoms with Crippen LogP contribution in [0.3, 0.4) is 0 Å². The zero-order chi connectivity index (χ0) is 14.6. The van der Waals surface area contributed by atoms with Gasteiger partial charge >= 0.3 is 12.0 Å². The van der Waals surface area contributed by atoms with Gasteiger partial charge in [0.1, 0.15) is 11.0 Å². The average molecular weight is 285 g/mol. The number of rotatable bonds is 5. The molecular weight excluding hydrogens is 266 g/mol. The van der Waals surface area contributed by atoms with Crippen molar-refractivity contribution in [1.82, 2.24) is 15.6 Å². The first-order valence-corrected chi connectivity index (χ1v) is 6.83. The highest BCUT2D eigenvalue weighted by atomic mass is 32.1. The Morgan fingerprint density at radius 1 is 1.42 bits per heavy atom. The van der Waals surface area contributed by atoms with E-state index in [-0.39, 0.29) is 5.92 Å². The zero-order valence-electron chi connectivity index (χ0n) is 11.4. The number of hydrogen-bond acceptors (Lipinski definition) is 4. The van der Waals surface area contributed by atoms with Crippen molar-refractivity contribution in [1.29, 1.82) is 0 Å². The first kappa shape index (κ1) is 15.4. The monoisotopic (exact) mass is 285 g/mol. The Labute approximate surface area is 116 Å². The topological polar surface area (TPSA) is 91.3 Å². The van der Waals surface area contributed by atoms with Crippen LogP contribution in [0.1, 0.15) is 32.7 Å². The molecule has 0 bridgehead atoms. The van der Waals surface area contributed by atoms with Crippen LogP contribution in [-0.2, 0) is 10.3 Å². The number of carboxylic acids is 1. The maximum Gasteiger partial charge on any atom is 0.326 e. The molecule has 19 heavy (non-hydrogen) atoms. The van der Waals surface area contributed by atoms with Crippen LogP contribution in [0.25, 0.3) is 0 Å². The van der Waals surface area contributed by atoms with Gasteiger partial charge in [-0.15, -0.1) is 11.3 Å². The van der Waals surface area contributed by atoms with Crippen molar-refractivity contribution in [2.24, 2.45) is 5.92 Å². The molecule has 1 rings (SSSR count). The molecule has 0 saturated heterocycles. The molecular formula is C12H19N3O3S. The normalized spacial score (nSPS) is 13.1. The van der Waals surface area contributed by atoms with Gasteiger partial charge in [0.2, 0.25) is 0 Å². The van der Waals surface area contributed by atoms with E-state index >= 15 is 0 Å². The summed E-state index contributed by atoms with van der Waals surface area (Å²) in [5.41, 5.74) is -0.641. The molecule has 0 fully saturated rings. The lowest BCUT2D eigenvalue weighted by molar-refractivity contribution is -0.140. The van der Waals surface area contributed by atoms with E-state index in [1.165, 1.54) is 11.3 Å². The summed E-state index contributed by atoms with van der Waals surface area (Å²) in [6, 6.07) is -1.42. The molecule has 1 aromatic heterocycles. The van der Waals surface area contributed by atoms with Crippen LogP contribution in [0.5, 0.6) is 0 Å². The van der Waals surface area contributed by atoms with E-state index in [4.69, 9.17) is 5.11 Å². The number of amides is 2. The molecule has 3 N–H and O–H groups in total. The third-order valence-electron chi connectivity index (χ3n) is 2.61. The molecule has 1 heterocycles. The van der Waals surface area contributed by atoms with E-state index < -0.39 is 23.6 Å². The second-order valence-electron chi connectivity index (χ2n) is 5.12. The van der Waals surface area contributed by atoms with Gasteiger partial charge in [0, 0.05) is 11.6 Å². The Kier molecular flexibility index (Phi) is 4.88. The summed E-state index contributed by atoms with van der Waals surface area (Å²) in [5.74, 6) is -1.23. The smallest absolute Gasteiger partial charge is 0.326 e. The van der Waals surface area contributed by atoms with Crippen molar-refractivity contribution in [2.45, 2.75) is 39.3 Å². The molecule has 0 spiro atoms. The highest BCUT2D eigenvalue weighted by molar-refractivity contribution is 7.09. The van der Waals surface area contributed by atoms with Crippen molar-refractivity contribution in [2.75, 3.05) is 0 Å². The molecule has 0 aliphatic rings. The van der Waals surface area contributed by atoms with E-state index in [1.54, 1.807) is 20.0 Å². The van der Waals surface area contributed by atoms with Crippen molar-refractivity contribution in [3.63, 3.8) is 0 Å². The summed E-state index contributed by atoms with van der Waals surface area (Å²) in [7, 11) is 0. The Bertz CT molecular complexity index is 443. The number of nitrogens with one attached hydrogen (secondary N) is 2. The van der Waals surface area contributed by atoms with E-state index in [2.05, 4.69) is 15.6 Å². The second-order valence-corrected chi connectivity index (χ2v) is 6.02. The van der Waals surface area contributed by atoms with Gasteiger partial charge in [-0.25, -0.2) is 14.6 Å². The Hall–Kier alpha value is -1.63. The van der Waals surface area contributed by atoms with Gasteiger partial charge in [-0.1, -0.05) is 13.8 Å². The molecule has 6 nitrogen and oxygen atoms in total. The van der Waals surface area contributed by atoms with Gasteiger partial charge < -0.3 is 15.7 Å². The van der Waals surface area contributed by atoms with Gasteiger partial charge in [0.25, 0.3) is 0 Å². The number of carboxylic acid groups (broad SMARTS) is 1. The zero-order valence-corrected chi connectivity index (χ0v) is 12.2. The molecule has 0 aromatic carbocycles. The number of thiazole rings is 1. The second kappa shape index (κ2) is 6.01. The summed E-state index contributed by atoms with van der Waals surface area (Å²) >= 11 is 1.43. The lowest BCUT2D eigenvalue weighted by Gasteiger charge is -2.26. The predicted octanol–water partition coefficient (Wildman–Crippen LogP) is 1.79. The highest BCUT2D eigenvalue weighted by Gasteiger charge is 2.29. The SMILES string of the molecule is CC(C)[C@H](NC(=O)NC(C)(C)c1nccs1)C(=O)O. The van der Waals surface area contributed by atoms with Crippen LogP contribution in [0.15, 0.2) is 11.6 Å². The first-order chi connectivity index (χ1) is 8.74. The summed E-state index contributed by atoms with van der Waals surface area (Å²) in [4.78, 5) is 27.0. The summed E-state index contributed by atoms with van der Waals surface area (Å²) in [5, 5.41) is 16.8. The van der Waals surface area contributed by atoms with Gasteiger partial charge in [-0.2, -0.15) is 0 Å². The van der Waals surface area contributed by atoms with Crippen molar-refractivity contribution >= 4 is 23.3 Å². The van der Waals surface area contributed by atoms with Crippen LogP contribution in [0.4, 0.5) is 4.79 Å². The Balaban J connectivity index is 2.67. The quantitative estimate of drug-likeness (QED) is 0.769. The maximum atomic E-state index is 11.9. The number of aromatic nitrogens is 1. The molecule has 1 aromatic rings. The molecule has 7 heteroatoms. The van der Waals surface area contributed by atoms with Crippen LogP contribution >= 0.6 is 11.3 Å². The third kappa shape index (κ3) is 4.20. The van der Waals surface area contributed by atoms with Crippen molar-refractivity contribution in [3.05, 3.63) is 16.6 Å². The number of carbonyl (C=O) groups excluding carboxylic acids is 1. The minimum absolute atomic E-state index is 0.189. The van der Waals surface area contributed by atoms with Gasteiger partial charge in [-0.05, 0) is 19.8 Å². The Morgan fingerprint density at radius 3 is 2.47 bits per heavy atom. The molecule has 106 valence electrons. The number of nitrogens with zero attached hydrogens (tertiary/aromatic N) is 1. The largest absolute Gasteiger partial charge is 0.480 e. The standard InChI is InChI=1S/C12H19N3O3S/c1-7(2)8(9(16)17)14-11(18)15-12(3,4)10-13-5-6-19-10/h5-8H,1-4H3,(H,16,17)(H2,14,15,18)/t8-/m0/s1. The fraction of sp³-hybridized carbons (Fsp3) is 0.583. The van der Waals surface area contributed by atoms with E-state index in [9.17, 15) is 9.59 Å². The molecule has 1 atom stereocenters. The van der Waals surface area contributed by atoms with Crippen molar-refractivity contribution < 1.29 is 14.7 Å². The minimum atomic E-state index is -1.04. The van der Waals surface area contributed by atoms with Crippen LogP contribution in [-0.4, -0.2) is 28.1 Å². The summed E-state index contributed by atoms with van der Waals surface area (Å²) < 4.78 is 0. The lowest BCUT2D eigenvalue weighted by Crippen LogP contribution is -2.53. The predicted molar refractivity (Wildman–Crippen MR) is 73.1 cm³/mol. The van der Waals surface area contributed by atoms with Gasteiger partial charge in [0.15, 0.2) is 0 Å². The summed E-state index contributed by atoms with van der Waals surface area (Å²) in [6.45, 7) is 7.11. The molecule has 2 amide bonds. The van der Waals surface area contributed by atoms with Crippen molar-refractivity contribution in [3.8, 4) is 0 Å². The molecule has 0 unspecified atom stereocenters. The maximum absolute atomic E-state index is 11.9. The number of aliphatic carboxylic acids is 1. The molecule has 0 aliphatic heterocycles. The van der Waals surface area contributed by atoms with E-state index in [0.29, 0.717) is 0 Å². The molecule has 0 radical (unpaired) electrons. The fourth-order valence-electron chi connectivity index (χ4n) is 1.56. The van der Waals surface area contributed by atoms with Gasteiger partial charge in [-0.3, -0.25) is 0 Å². The summed E-state index contributed by atoms with van der Waals surface area (Å²) in [6.07, 6.45) is 1.66. The Morgan fingerprint density at radius 2 is 2.05 bits per heavy atom. The highest BCUT2D eigenvalue weighted by Crippen LogP contribution is 2.21. The third-order valence-corrected chi connectivity index (χ3v) is 3.71. The van der Waals surface area contributed by atoms with Gasteiger partial charge in [0.05, 0.1) is 5.54 Å². The first-order valence-electron chi connectivity index (χ1n) is 5.95. The van der Waals surface area contributed by atoms with E-state index in [1.807, 2.05) is 19.2 Å². The molecule has 0 saturated carbocycles. The number of urea groups is 1. The van der Waals surface area contributed by atoms with E-state index in [0.717, 1.165) is 5.01 Å². The average Bonchev–Trinajstić information content (AvgIpc) is 2.78. The van der Waals surface area contributed by atoms with Crippen LogP contribution in [0.2, 0.25) is 0 Å². The van der Waals surface area contributed by atoms with Crippen LogP contribution in [0, 0.1) is 5.92 Å². The number of hydrogen-bond donors (Lipinski definition) is 3. The lowest BCUT2D eigenvalue weighted by atomic mass is 10.0. The fourth-order valence-corrected chi connectivity index (χ4v) is 2.28. The number of carbonyl (C=O) groups is 2. The van der Waals surface area contributed by atoms with Crippen LogP contribution < -0.4 is 10.6 Å². The molecule has 0 aliphatic carbocycles. The minimum Gasteiger partial charge on any atom is -0.480 e.